The van der Waals surface area contributed by atoms with Gasteiger partial charge in [0, 0.05) is 17.9 Å². The molecule has 1 aromatic carbocycles. The van der Waals surface area contributed by atoms with Crippen LogP contribution in [0.25, 0.3) is 11.3 Å². The Morgan fingerprint density at radius 3 is 2.61 bits per heavy atom. The number of aromatic carboxylic acids is 1. The van der Waals surface area contributed by atoms with Gasteiger partial charge in [-0.1, -0.05) is 36.4 Å². The lowest BCUT2D eigenvalue weighted by molar-refractivity contribution is 0.0696. The summed E-state index contributed by atoms with van der Waals surface area (Å²) in [5.74, 6) is -0.896. The summed E-state index contributed by atoms with van der Waals surface area (Å²) in [7, 11) is 0. The molecule has 0 bridgehead atoms. The predicted octanol–water partition coefficient (Wildman–Crippen LogP) is 3.35. The van der Waals surface area contributed by atoms with Gasteiger partial charge in [-0.05, 0) is 18.6 Å². The number of carbonyl (C=O) groups is 1. The van der Waals surface area contributed by atoms with Gasteiger partial charge in [0.2, 0.25) is 0 Å². The van der Waals surface area contributed by atoms with Crippen LogP contribution in [0.3, 0.4) is 0 Å². The van der Waals surface area contributed by atoms with Crippen LogP contribution in [-0.4, -0.2) is 15.6 Å². The van der Waals surface area contributed by atoms with Crippen LogP contribution in [0.2, 0.25) is 0 Å². The molecule has 0 radical (unpaired) electrons. The van der Waals surface area contributed by atoms with E-state index in [0.717, 1.165) is 17.0 Å². The van der Waals surface area contributed by atoms with Crippen LogP contribution in [0, 0.1) is 6.92 Å². The highest BCUT2D eigenvalue weighted by Gasteiger charge is 2.16. The van der Waals surface area contributed by atoms with Crippen LogP contribution < -0.4 is 0 Å². The number of carboxylic acids is 1. The summed E-state index contributed by atoms with van der Waals surface area (Å²) < 4.78 is 1.96. The number of hydrogen-bond donors (Lipinski definition) is 1. The SMILES string of the molecule is C=CCn1c(-c2ccccc2)cc(C(=O)O)c1C. The fourth-order valence-corrected chi connectivity index (χ4v) is 2.07. The Morgan fingerprint density at radius 2 is 2.06 bits per heavy atom. The predicted molar refractivity (Wildman–Crippen MR) is 71.8 cm³/mol. The van der Waals surface area contributed by atoms with Crippen LogP contribution in [0.5, 0.6) is 0 Å². The zero-order valence-corrected chi connectivity index (χ0v) is 10.3. The molecule has 2 aromatic rings. The summed E-state index contributed by atoms with van der Waals surface area (Å²) in [6.07, 6.45) is 1.77. The number of nitrogens with zero attached hydrogens (tertiary/aromatic N) is 1. The lowest BCUT2D eigenvalue weighted by Gasteiger charge is -2.09. The minimum atomic E-state index is -0.896. The summed E-state index contributed by atoms with van der Waals surface area (Å²) in [5.41, 5.74) is 3.01. The van der Waals surface area contributed by atoms with Crippen molar-refractivity contribution in [3.8, 4) is 11.3 Å². The molecular weight excluding hydrogens is 226 g/mol. The quantitative estimate of drug-likeness (QED) is 0.834. The second-order valence-corrected chi connectivity index (χ2v) is 4.10. The average Bonchev–Trinajstić information content (AvgIpc) is 2.69. The van der Waals surface area contributed by atoms with Crippen molar-refractivity contribution >= 4 is 5.97 Å². The van der Waals surface area contributed by atoms with Gasteiger partial charge in [0.15, 0.2) is 0 Å². The van der Waals surface area contributed by atoms with Crippen molar-refractivity contribution in [1.82, 2.24) is 4.57 Å². The van der Waals surface area contributed by atoms with E-state index >= 15 is 0 Å². The molecule has 0 saturated heterocycles. The molecule has 0 aliphatic carbocycles. The van der Waals surface area contributed by atoms with E-state index in [1.54, 1.807) is 12.1 Å². The molecule has 1 heterocycles. The van der Waals surface area contributed by atoms with E-state index in [0.29, 0.717) is 12.1 Å². The molecule has 0 aliphatic rings. The summed E-state index contributed by atoms with van der Waals surface area (Å²) in [4.78, 5) is 11.2. The minimum Gasteiger partial charge on any atom is -0.478 e. The third-order valence-corrected chi connectivity index (χ3v) is 2.98. The molecule has 3 nitrogen and oxygen atoms in total. The van der Waals surface area contributed by atoms with E-state index in [4.69, 9.17) is 0 Å². The maximum absolute atomic E-state index is 11.2. The Hall–Kier alpha value is -2.29. The first kappa shape index (κ1) is 12.2. The van der Waals surface area contributed by atoms with Crippen molar-refractivity contribution in [2.45, 2.75) is 13.5 Å². The molecule has 0 spiro atoms. The second kappa shape index (κ2) is 4.92. The van der Waals surface area contributed by atoms with Crippen LogP contribution >= 0.6 is 0 Å². The highest BCUT2D eigenvalue weighted by Crippen LogP contribution is 2.25. The molecule has 3 heteroatoms. The van der Waals surface area contributed by atoms with Crippen molar-refractivity contribution in [1.29, 1.82) is 0 Å². The summed E-state index contributed by atoms with van der Waals surface area (Å²) in [6.45, 7) is 6.14. The number of aromatic nitrogens is 1. The van der Waals surface area contributed by atoms with Gasteiger partial charge in [0.05, 0.1) is 5.56 Å². The summed E-state index contributed by atoms with van der Waals surface area (Å²) in [6, 6.07) is 11.5. The fraction of sp³-hybridized carbons (Fsp3) is 0.133. The molecule has 0 saturated carbocycles. The molecule has 1 aromatic heterocycles. The van der Waals surface area contributed by atoms with E-state index in [1.165, 1.54) is 0 Å². The molecule has 0 atom stereocenters. The van der Waals surface area contributed by atoms with Crippen molar-refractivity contribution in [3.05, 3.63) is 60.3 Å². The largest absolute Gasteiger partial charge is 0.478 e. The molecular formula is C15H15NO2. The van der Waals surface area contributed by atoms with Gasteiger partial charge in [0.1, 0.15) is 0 Å². The van der Waals surface area contributed by atoms with E-state index in [2.05, 4.69) is 6.58 Å². The van der Waals surface area contributed by atoms with Gasteiger partial charge in [-0.3, -0.25) is 0 Å². The summed E-state index contributed by atoms with van der Waals surface area (Å²) in [5, 5.41) is 9.18. The van der Waals surface area contributed by atoms with Crippen LogP contribution in [0.4, 0.5) is 0 Å². The molecule has 92 valence electrons. The topological polar surface area (TPSA) is 42.2 Å². The second-order valence-electron chi connectivity index (χ2n) is 4.10. The molecule has 0 amide bonds. The maximum atomic E-state index is 11.2. The fourth-order valence-electron chi connectivity index (χ4n) is 2.07. The number of hydrogen-bond acceptors (Lipinski definition) is 1. The van der Waals surface area contributed by atoms with Crippen molar-refractivity contribution in [2.24, 2.45) is 0 Å². The Balaban J connectivity index is 2.62. The van der Waals surface area contributed by atoms with Gasteiger partial charge in [0.25, 0.3) is 0 Å². The number of rotatable bonds is 4. The molecule has 1 N–H and O–H groups in total. The van der Waals surface area contributed by atoms with Crippen LogP contribution in [0.15, 0.2) is 49.1 Å². The lowest BCUT2D eigenvalue weighted by atomic mass is 10.1. The molecule has 0 unspecified atom stereocenters. The molecule has 2 rings (SSSR count). The molecule has 18 heavy (non-hydrogen) atoms. The summed E-state index contributed by atoms with van der Waals surface area (Å²) >= 11 is 0. The Bertz CT molecular complexity index is 582. The minimum absolute atomic E-state index is 0.343. The highest BCUT2D eigenvalue weighted by molar-refractivity contribution is 5.91. The van der Waals surface area contributed by atoms with Crippen molar-refractivity contribution in [3.63, 3.8) is 0 Å². The van der Waals surface area contributed by atoms with Crippen LogP contribution in [0.1, 0.15) is 16.1 Å². The third kappa shape index (κ3) is 2.07. The Kier molecular flexibility index (Phi) is 3.33. The van der Waals surface area contributed by atoms with E-state index < -0.39 is 5.97 Å². The third-order valence-electron chi connectivity index (χ3n) is 2.98. The van der Waals surface area contributed by atoms with E-state index in [-0.39, 0.29) is 0 Å². The van der Waals surface area contributed by atoms with Gasteiger partial charge in [-0.25, -0.2) is 4.79 Å². The van der Waals surface area contributed by atoms with Crippen LogP contribution in [-0.2, 0) is 6.54 Å². The standard InChI is InChI=1S/C15H15NO2/c1-3-9-16-11(2)13(15(17)18)10-14(16)12-7-5-4-6-8-12/h3-8,10H,1,9H2,2H3,(H,17,18). The van der Waals surface area contributed by atoms with Gasteiger partial charge in [-0.2, -0.15) is 0 Å². The molecule has 0 fully saturated rings. The Morgan fingerprint density at radius 1 is 1.39 bits per heavy atom. The van der Waals surface area contributed by atoms with Gasteiger partial charge in [-0.15, -0.1) is 6.58 Å². The monoisotopic (exact) mass is 241 g/mol. The average molecular weight is 241 g/mol. The van der Waals surface area contributed by atoms with E-state index in [1.807, 2.05) is 41.8 Å². The van der Waals surface area contributed by atoms with E-state index in [9.17, 15) is 9.90 Å². The lowest BCUT2D eigenvalue weighted by Crippen LogP contribution is -2.03. The zero-order valence-electron chi connectivity index (χ0n) is 10.3. The smallest absolute Gasteiger partial charge is 0.337 e. The first-order valence-corrected chi connectivity index (χ1v) is 5.75. The normalized spacial score (nSPS) is 10.3. The number of carboxylic acid groups (broad SMARTS) is 1. The van der Waals surface area contributed by atoms with Gasteiger partial charge < -0.3 is 9.67 Å². The zero-order chi connectivity index (χ0) is 13.1. The first-order valence-electron chi connectivity index (χ1n) is 5.75. The van der Waals surface area contributed by atoms with Crippen molar-refractivity contribution in [2.75, 3.05) is 0 Å². The molecule has 0 aliphatic heterocycles. The maximum Gasteiger partial charge on any atom is 0.337 e. The Labute approximate surface area is 106 Å². The number of benzene rings is 1. The first-order chi connectivity index (χ1) is 8.65. The highest BCUT2D eigenvalue weighted by atomic mass is 16.4. The van der Waals surface area contributed by atoms with Gasteiger partial charge >= 0.3 is 5.97 Å². The van der Waals surface area contributed by atoms with Crippen molar-refractivity contribution < 1.29 is 9.90 Å². The number of allylic oxidation sites excluding steroid dienone is 1.